The highest BCUT2D eigenvalue weighted by Crippen LogP contribution is 2.39. The van der Waals surface area contributed by atoms with Crippen molar-refractivity contribution in [1.82, 2.24) is 0 Å². The van der Waals surface area contributed by atoms with Gasteiger partial charge in [-0.3, -0.25) is 0 Å². The summed E-state index contributed by atoms with van der Waals surface area (Å²) in [5.41, 5.74) is 2.62. The van der Waals surface area contributed by atoms with Crippen LogP contribution < -0.4 is 0 Å². The van der Waals surface area contributed by atoms with Crippen LogP contribution in [0.1, 0.15) is 11.1 Å². The number of halogens is 1. The molecule has 0 unspecified atom stereocenters. The summed E-state index contributed by atoms with van der Waals surface area (Å²) in [6.45, 7) is 4.25. The zero-order valence-corrected chi connectivity index (χ0v) is 9.82. The van der Waals surface area contributed by atoms with E-state index >= 15 is 0 Å². The van der Waals surface area contributed by atoms with E-state index in [2.05, 4.69) is 25.3 Å². The van der Waals surface area contributed by atoms with Crippen LogP contribution >= 0.6 is 34.3 Å². The average molecular weight is 229 g/mol. The Bertz CT molecular complexity index is 426. The second kappa shape index (κ2) is 3.45. The number of hydrogen-bond acceptors (Lipinski definition) is 2. The van der Waals surface area contributed by atoms with Gasteiger partial charge in [0, 0.05) is 9.75 Å². The van der Waals surface area contributed by atoms with Gasteiger partial charge in [0.05, 0.1) is 4.34 Å². The lowest BCUT2D eigenvalue weighted by molar-refractivity contribution is 1.51. The smallest absolute Gasteiger partial charge is 0.0937 e. The van der Waals surface area contributed by atoms with Crippen molar-refractivity contribution in [3.05, 3.63) is 33.0 Å². The van der Waals surface area contributed by atoms with Crippen LogP contribution in [0.15, 0.2) is 17.5 Å². The average Bonchev–Trinajstić information content (AvgIpc) is 2.58. The summed E-state index contributed by atoms with van der Waals surface area (Å²) in [4.78, 5) is 2.67. The molecule has 68 valence electrons. The number of thiophene rings is 2. The summed E-state index contributed by atoms with van der Waals surface area (Å²) < 4.78 is 0.875. The SMILES string of the molecule is Cc1ccsc1-c1sc(Cl)cc1C. The van der Waals surface area contributed by atoms with Crippen molar-refractivity contribution in [3.8, 4) is 9.75 Å². The standard InChI is InChI=1S/C10H9ClS2/c1-6-3-4-12-9(6)10-7(2)5-8(11)13-10/h3-5H,1-2H3. The third kappa shape index (κ3) is 1.66. The minimum Gasteiger partial charge on any atom is -0.143 e. The van der Waals surface area contributed by atoms with Crippen molar-refractivity contribution in [2.24, 2.45) is 0 Å². The van der Waals surface area contributed by atoms with E-state index in [0.29, 0.717) is 0 Å². The van der Waals surface area contributed by atoms with Crippen LogP contribution in [0.25, 0.3) is 9.75 Å². The molecule has 2 heterocycles. The Morgan fingerprint density at radius 1 is 1.15 bits per heavy atom. The summed E-state index contributed by atoms with van der Waals surface area (Å²) in [6.07, 6.45) is 0. The highest BCUT2D eigenvalue weighted by molar-refractivity contribution is 7.23. The highest BCUT2D eigenvalue weighted by atomic mass is 35.5. The predicted molar refractivity (Wildman–Crippen MR) is 62.1 cm³/mol. The van der Waals surface area contributed by atoms with Gasteiger partial charge in [-0.25, -0.2) is 0 Å². The van der Waals surface area contributed by atoms with Crippen molar-refractivity contribution in [1.29, 1.82) is 0 Å². The molecule has 0 saturated heterocycles. The topological polar surface area (TPSA) is 0 Å². The first-order chi connectivity index (χ1) is 6.18. The molecule has 0 bridgehead atoms. The number of hydrogen-bond donors (Lipinski definition) is 0. The van der Waals surface area contributed by atoms with E-state index in [1.807, 2.05) is 6.07 Å². The van der Waals surface area contributed by atoms with Gasteiger partial charge in [-0.2, -0.15) is 0 Å². The molecule has 0 radical (unpaired) electrons. The zero-order chi connectivity index (χ0) is 9.42. The van der Waals surface area contributed by atoms with E-state index < -0.39 is 0 Å². The fourth-order valence-electron chi connectivity index (χ4n) is 1.27. The highest BCUT2D eigenvalue weighted by Gasteiger charge is 2.09. The van der Waals surface area contributed by atoms with Crippen molar-refractivity contribution >= 4 is 34.3 Å². The van der Waals surface area contributed by atoms with Gasteiger partial charge in [0.25, 0.3) is 0 Å². The van der Waals surface area contributed by atoms with Crippen molar-refractivity contribution in [2.45, 2.75) is 13.8 Å². The third-order valence-corrected chi connectivity index (χ3v) is 4.50. The molecule has 13 heavy (non-hydrogen) atoms. The molecule has 2 rings (SSSR count). The van der Waals surface area contributed by atoms with E-state index in [-0.39, 0.29) is 0 Å². The Hall–Kier alpha value is -0.310. The Morgan fingerprint density at radius 2 is 1.92 bits per heavy atom. The van der Waals surface area contributed by atoms with Gasteiger partial charge in [-0.1, -0.05) is 11.6 Å². The van der Waals surface area contributed by atoms with Gasteiger partial charge >= 0.3 is 0 Å². The minimum absolute atomic E-state index is 0.875. The molecule has 0 saturated carbocycles. The van der Waals surface area contributed by atoms with Crippen LogP contribution in [-0.2, 0) is 0 Å². The quantitative estimate of drug-likeness (QED) is 0.661. The molecule has 0 atom stereocenters. The maximum absolute atomic E-state index is 5.96. The molecule has 0 N–H and O–H groups in total. The number of rotatable bonds is 1. The Morgan fingerprint density at radius 3 is 2.38 bits per heavy atom. The van der Waals surface area contributed by atoms with E-state index in [0.717, 1.165) is 4.34 Å². The molecule has 0 spiro atoms. The second-order valence-electron chi connectivity index (χ2n) is 3.00. The van der Waals surface area contributed by atoms with Gasteiger partial charge < -0.3 is 0 Å². The minimum atomic E-state index is 0.875. The Labute approximate surface area is 90.8 Å². The van der Waals surface area contributed by atoms with Gasteiger partial charge in [-0.05, 0) is 42.5 Å². The Kier molecular flexibility index (Phi) is 2.45. The summed E-state index contributed by atoms with van der Waals surface area (Å²) in [5, 5.41) is 2.12. The summed E-state index contributed by atoms with van der Waals surface area (Å²) in [7, 11) is 0. The van der Waals surface area contributed by atoms with Crippen LogP contribution in [0, 0.1) is 13.8 Å². The van der Waals surface area contributed by atoms with Crippen LogP contribution in [0.4, 0.5) is 0 Å². The number of aryl methyl sites for hydroxylation is 2. The molecule has 0 aliphatic heterocycles. The largest absolute Gasteiger partial charge is 0.143 e. The molecule has 0 aromatic carbocycles. The third-order valence-electron chi connectivity index (χ3n) is 1.96. The van der Waals surface area contributed by atoms with Crippen molar-refractivity contribution < 1.29 is 0 Å². The summed E-state index contributed by atoms with van der Waals surface area (Å²) >= 11 is 9.40. The molecule has 0 nitrogen and oxygen atoms in total. The van der Waals surface area contributed by atoms with E-state index in [1.165, 1.54) is 20.9 Å². The van der Waals surface area contributed by atoms with Crippen LogP contribution in [0.3, 0.4) is 0 Å². The van der Waals surface area contributed by atoms with Crippen LogP contribution in [0.2, 0.25) is 4.34 Å². The molecular formula is C10H9ClS2. The van der Waals surface area contributed by atoms with Gasteiger partial charge in [-0.15, -0.1) is 22.7 Å². The van der Waals surface area contributed by atoms with Crippen molar-refractivity contribution in [2.75, 3.05) is 0 Å². The molecule has 0 aliphatic rings. The second-order valence-corrected chi connectivity index (χ2v) is 5.60. The summed E-state index contributed by atoms with van der Waals surface area (Å²) in [5.74, 6) is 0. The maximum Gasteiger partial charge on any atom is 0.0937 e. The lowest BCUT2D eigenvalue weighted by Crippen LogP contribution is -1.72. The monoisotopic (exact) mass is 228 g/mol. The molecule has 0 amide bonds. The Balaban J connectivity index is 2.58. The van der Waals surface area contributed by atoms with E-state index in [4.69, 9.17) is 11.6 Å². The van der Waals surface area contributed by atoms with E-state index in [1.54, 1.807) is 22.7 Å². The van der Waals surface area contributed by atoms with Gasteiger partial charge in [0.2, 0.25) is 0 Å². The first kappa shape index (κ1) is 9.25. The lowest BCUT2D eigenvalue weighted by Gasteiger charge is -1.96. The molecule has 0 fully saturated rings. The zero-order valence-electron chi connectivity index (χ0n) is 7.43. The van der Waals surface area contributed by atoms with Crippen molar-refractivity contribution in [3.63, 3.8) is 0 Å². The van der Waals surface area contributed by atoms with E-state index in [9.17, 15) is 0 Å². The summed E-state index contributed by atoms with van der Waals surface area (Å²) in [6, 6.07) is 4.17. The normalized spacial score (nSPS) is 10.7. The van der Waals surface area contributed by atoms with Crippen LogP contribution in [0.5, 0.6) is 0 Å². The van der Waals surface area contributed by atoms with Crippen LogP contribution in [-0.4, -0.2) is 0 Å². The molecule has 2 aromatic rings. The first-order valence-electron chi connectivity index (χ1n) is 3.99. The first-order valence-corrected chi connectivity index (χ1v) is 6.06. The lowest BCUT2D eigenvalue weighted by atomic mass is 10.2. The molecule has 3 heteroatoms. The fourth-order valence-corrected chi connectivity index (χ4v) is 3.77. The molecular weight excluding hydrogens is 220 g/mol. The fraction of sp³-hybridized carbons (Fsp3) is 0.200. The predicted octanol–water partition coefficient (Wildman–Crippen LogP) is 4.75. The molecule has 2 aromatic heterocycles. The molecule has 0 aliphatic carbocycles. The van der Waals surface area contributed by atoms with Gasteiger partial charge in [0.15, 0.2) is 0 Å². The van der Waals surface area contributed by atoms with Gasteiger partial charge in [0.1, 0.15) is 0 Å². The maximum atomic E-state index is 5.96.